The predicted molar refractivity (Wildman–Crippen MR) is 152 cm³/mol. The normalized spacial score (nSPS) is 15.0. The van der Waals surface area contributed by atoms with Gasteiger partial charge in [0, 0.05) is 12.5 Å². The monoisotopic (exact) mass is 581 g/mol. The molecular weight excluding hydrogens is 534 g/mol. The third-order valence-electron chi connectivity index (χ3n) is 6.15. The average Bonchev–Trinajstić information content (AvgIpc) is 2.84. The van der Waals surface area contributed by atoms with Crippen LogP contribution in [0.25, 0.3) is 0 Å². The van der Waals surface area contributed by atoms with E-state index in [1.165, 1.54) is 18.2 Å². The first-order valence-corrected chi connectivity index (χ1v) is 14.2. The van der Waals surface area contributed by atoms with Crippen LogP contribution in [0.15, 0.2) is 18.2 Å². The molecule has 1 aromatic rings. The molecule has 1 rings (SSSR count). The smallest absolute Gasteiger partial charge is 0.477 e. The summed E-state index contributed by atoms with van der Waals surface area (Å²) >= 11 is 0. The van der Waals surface area contributed by atoms with Gasteiger partial charge in [0.2, 0.25) is 0 Å². The number of aliphatic carboxylic acids is 1. The van der Waals surface area contributed by atoms with Gasteiger partial charge in [-0.05, 0) is 78.5 Å². The van der Waals surface area contributed by atoms with Crippen LogP contribution >= 0.6 is 0 Å². The summed E-state index contributed by atoms with van der Waals surface area (Å²) in [6.45, 7) is 15.8. The zero-order chi connectivity index (χ0) is 31.4. The van der Waals surface area contributed by atoms with Crippen molar-refractivity contribution in [2.45, 2.75) is 125 Å². The summed E-state index contributed by atoms with van der Waals surface area (Å²) in [7, 11) is 0. The lowest BCUT2D eigenvalue weighted by Crippen LogP contribution is -2.60. The first-order chi connectivity index (χ1) is 19.1. The molecule has 4 atom stereocenters. The van der Waals surface area contributed by atoms with Gasteiger partial charge in [0.05, 0.1) is 5.41 Å². The summed E-state index contributed by atoms with van der Waals surface area (Å²) in [6.07, 6.45) is 0.230. The molecule has 0 radical (unpaired) electrons. The summed E-state index contributed by atoms with van der Waals surface area (Å²) in [4.78, 5) is 50.4. The van der Waals surface area contributed by atoms with E-state index in [9.17, 15) is 24.3 Å². The summed E-state index contributed by atoms with van der Waals surface area (Å²) in [5, 5.41) is 13.2. The van der Waals surface area contributed by atoms with Crippen molar-refractivity contribution in [1.29, 1.82) is 0 Å². The highest BCUT2D eigenvalue weighted by Crippen LogP contribution is 2.32. The Morgan fingerprint density at radius 1 is 0.854 bits per heavy atom. The van der Waals surface area contributed by atoms with Gasteiger partial charge in [-0.3, -0.25) is 10.1 Å². The topological polar surface area (TPSA) is 147 Å². The van der Waals surface area contributed by atoms with Gasteiger partial charge in [-0.25, -0.2) is 14.4 Å². The lowest BCUT2D eigenvalue weighted by atomic mass is 9.95. The molecule has 0 fully saturated rings. The minimum absolute atomic E-state index is 0.134. The lowest BCUT2D eigenvalue weighted by molar-refractivity contribution is -0.190. The second kappa shape index (κ2) is 16.2. The fraction of sp³-hybridized carbons (Fsp3) is 0.667. The van der Waals surface area contributed by atoms with Gasteiger partial charge in [-0.15, -0.1) is 0 Å². The van der Waals surface area contributed by atoms with E-state index in [2.05, 4.69) is 5.32 Å². The number of rotatable bonds is 15. The largest absolute Gasteiger partial charge is 0.514 e. The zero-order valence-electron chi connectivity index (χ0n) is 25.8. The molecule has 0 saturated heterocycles. The van der Waals surface area contributed by atoms with Crippen molar-refractivity contribution in [2.75, 3.05) is 0 Å². The van der Waals surface area contributed by atoms with Crippen LogP contribution in [0.1, 0.15) is 100.0 Å². The second-order valence-corrected chi connectivity index (χ2v) is 11.3. The first-order valence-electron chi connectivity index (χ1n) is 14.2. The standard InChI is InChI=1S/C30H47NO10/c1-10-13-20(5)37-27(35)39-23-16-15-22(17-24(23)40-28(36)38-21(6)14-11-2)18-30(25(32)33,31-19(4)12-3)41-26(34)29(7,8)9/h15-17,19-21,31H,10-14,18H2,1-9H3,(H,32,33)/t19?,20?,21?,30-/m0/s1. The van der Waals surface area contributed by atoms with E-state index in [1.54, 1.807) is 41.5 Å². The van der Waals surface area contributed by atoms with Crippen molar-refractivity contribution in [3.63, 3.8) is 0 Å². The van der Waals surface area contributed by atoms with Crippen LogP contribution in [0, 0.1) is 5.41 Å². The van der Waals surface area contributed by atoms with Crippen LogP contribution in [0.2, 0.25) is 0 Å². The highest BCUT2D eigenvalue weighted by atomic mass is 16.7. The minimum atomic E-state index is -2.13. The van der Waals surface area contributed by atoms with E-state index in [-0.39, 0.29) is 24.0 Å². The van der Waals surface area contributed by atoms with Crippen LogP contribution in [0.3, 0.4) is 0 Å². The molecule has 11 nitrogen and oxygen atoms in total. The van der Waals surface area contributed by atoms with Crippen molar-refractivity contribution in [1.82, 2.24) is 5.32 Å². The number of nitrogens with one attached hydrogen (secondary N) is 1. The Bertz CT molecular complexity index is 1030. The third-order valence-corrected chi connectivity index (χ3v) is 6.15. The molecule has 3 unspecified atom stereocenters. The predicted octanol–water partition coefficient (Wildman–Crippen LogP) is 6.40. The first kappa shape index (κ1) is 35.7. The average molecular weight is 582 g/mol. The van der Waals surface area contributed by atoms with E-state index in [4.69, 9.17) is 23.7 Å². The van der Waals surface area contributed by atoms with Gasteiger partial charge in [0.25, 0.3) is 5.72 Å². The Labute approximate surface area is 243 Å². The molecule has 0 aromatic heterocycles. The molecule has 11 heteroatoms. The molecule has 1 aromatic carbocycles. The van der Waals surface area contributed by atoms with Crippen molar-refractivity contribution < 1.29 is 48.0 Å². The number of carbonyl (C=O) groups is 4. The highest BCUT2D eigenvalue weighted by molar-refractivity contribution is 5.84. The number of hydrogen-bond acceptors (Lipinski definition) is 10. The van der Waals surface area contributed by atoms with Crippen molar-refractivity contribution in [3.8, 4) is 11.5 Å². The molecule has 0 bridgehead atoms. The molecule has 0 spiro atoms. The van der Waals surface area contributed by atoms with Gasteiger partial charge >= 0.3 is 24.2 Å². The number of hydrogen-bond donors (Lipinski definition) is 2. The van der Waals surface area contributed by atoms with Gasteiger partial charge in [-0.2, -0.15) is 0 Å². The van der Waals surface area contributed by atoms with E-state index in [0.29, 0.717) is 24.8 Å². The zero-order valence-corrected chi connectivity index (χ0v) is 25.8. The van der Waals surface area contributed by atoms with Crippen LogP contribution in [-0.2, 0) is 30.2 Å². The van der Waals surface area contributed by atoms with Crippen molar-refractivity contribution in [3.05, 3.63) is 23.8 Å². The van der Waals surface area contributed by atoms with Gasteiger partial charge in [0.1, 0.15) is 12.2 Å². The Kier molecular flexibility index (Phi) is 14.1. The molecule has 232 valence electrons. The Hall–Kier alpha value is -3.34. The Morgan fingerprint density at radius 2 is 1.37 bits per heavy atom. The molecule has 2 N–H and O–H groups in total. The third kappa shape index (κ3) is 12.0. The summed E-state index contributed by atoms with van der Waals surface area (Å²) in [5.74, 6) is -2.45. The number of carboxylic acids is 1. The van der Waals surface area contributed by atoms with Gasteiger partial charge < -0.3 is 28.8 Å². The maximum absolute atomic E-state index is 12.8. The van der Waals surface area contributed by atoms with E-state index in [1.807, 2.05) is 20.8 Å². The number of carboxylic acid groups (broad SMARTS) is 1. The molecule has 0 amide bonds. The Balaban J connectivity index is 3.48. The molecule has 0 aliphatic heterocycles. The quantitative estimate of drug-likeness (QED) is 0.103. The molecular formula is C30H47NO10. The lowest BCUT2D eigenvalue weighted by Gasteiger charge is -2.35. The summed E-state index contributed by atoms with van der Waals surface area (Å²) < 4.78 is 26.9. The van der Waals surface area contributed by atoms with Crippen LogP contribution in [0.5, 0.6) is 11.5 Å². The molecule has 0 saturated carbocycles. The van der Waals surface area contributed by atoms with E-state index < -0.39 is 47.6 Å². The van der Waals surface area contributed by atoms with Crippen LogP contribution in [0.4, 0.5) is 9.59 Å². The molecule has 0 aliphatic rings. The van der Waals surface area contributed by atoms with E-state index in [0.717, 1.165) is 12.8 Å². The van der Waals surface area contributed by atoms with Crippen molar-refractivity contribution >= 4 is 24.2 Å². The number of benzene rings is 1. The Morgan fingerprint density at radius 3 is 1.80 bits per heavy atom. The molecule has 41 heavy (non-hydrogen) atoms. The second-order valence-electron chi connectivity index (χ2n) is 11.3. The van der Waals surface area contributed by atoms with Gasteiger partial charge in [0.15, 0.2) is 11.5 Å². The van der Waals surface area contributed by atoms with Crippen LogP contribution < -0.4 is 14.8 Å². The maximum Gasteiger partial charge on any atom is 0.514 e. The molecule has 0 aliphatic carbocycles. The number of esters is 1. The van der Waals surface area contributed by atoms with E-state index >= 15 is 0 Å². The fourth-order valence-corrected chi connectivity index (χ4v) is 3.71. The molecule has 0 heterocycles. The van der Waals surface area contributed by atoms with Crippen LogP contribution in [-0.4, -0.2) is 53.3 Å². The fourth-order valence-electron chi connectivity index (χ4n) is 3.71. The van der Waals surface area contributed by atoms with Crippen molar-refractivity contribution in [2.24, 2.45) is 5.41 Å². The number of carbonyl (C=O) groups excluding carboxylic acids is 3. The SMILES string of the molecule is CCCC(C)OC(=O)Oc1ccc(C[C@](NC(C)CC)(OC(=O)C(C)(C)C)C(=O)O)cc1OC(=O)OC(C)CCC. The minimum Gasteiger partial charge on any atom is -0.477 e. The number of ether oxygens (including phenoxy) is 5. The summed E-state index contributed by atoms with van der Waals surface area (Å²) in [5.41, 5.74) is -2.79. The maximum atomic E-state index is 12.8. The highest BCUT2D eigenvalue weighted by Gasteiger charge is 2.46. The summed E-state index contributed by atoms with van der Waals surface area (Å²) in [6, 6.07) is 3.84. The van der Waals surface area contributed by atoms with Gasteiger partial charge in [-0.1, -0.05) is 39.7 Å².